The van der Waals surface area contributed by atoms with Crippen molar-refractivity contribution in [3.8, 4) is 17.1 Å². The molecular weight excluding hydrogens is 392 g/mol. The molecule has 0 N–H and O–H groups in total. The summed E-state index contributed by atoms with van der Waals surface area (Å²) in [6.45, 7) is 0. The summed E-state index contributed by atoms with van der Waals surface area (Å²) in [6.07, 6.45) is 1.70. The van der Waals surface area contributed by atoms with E-state index in [1.165, 1.54) is 10.8 Å². The average Bonchev–Trinajstić information content (AvgIpc) is 3.13. The summed E-state index contributed by atoms with van der Waals surface area (Å²) in [5, 5.41) is 2.76. The predicted octanol–water partition coefficient (Wildman–Crippen LogP) is 6.44. The molecule has 4 nitrogen and oxygen atoms in total. The highest BCUT2D eigenvalue weighted by molar-refractivity contribution is 6.33. The second-order valence-corrected chi connectivity index (χ2v) is 7.49. The van der Waals surface area contributed by atoms with Gasteiger partial charge in [-0.2, -0.15) is 0 Å². The van der Waals surface area contributed by atoms with Gasteiger partial charge in [-0.25, -0.2) is 9.97 Å². The molecule has 0 spiro atoms. The molecule has 0 bridgehead atoms. The van der Waals surface area contributed by atoms with E-state index in [9.17, 15) is 0 Å². The molecule has 3 aromatic heterocycles. The second-order valence-electron chi connectivity index (χ2n) is 7.13. The zero-order valence-corrected chi connectivity index (χ0v) is 16.6. The van der Waals surface area contributed by atoms with Gasteiger partial charge < -0.3 is 4.57 Å². The Morgan fingerprint density at radius 3 is 2.40 bits per heavy atom. The second kappa shape index (κ2) is 6.65. The lowest BCUT2D eigenvalue weighted by Crippen LogP contribution is -1.95. The van der Waals surface area contributed by atoms with Crippen LogP contribution in [0.2, 0.25) is 5.15 Å². The Morgan fingerprint density at radius 1 is 0.700 bits per heavy atom. The first-order valence-electron chi connectivity index (χ1n) is 9.67. The van der Waals surface area contributed by atoms with Gasteiger partial charge in [0, 0.05) is 28.2 Å². The monoisotopic (exact) mass is 406 g/mol. The standard InChI is InChI=1S/C25H15ClN4/c26-24-23-20(10-6-14-27-23)28-25(29-24)16-12-13-19-18-9-4-5-11-21(18)30(22(19)15-16)17-7-2-1-3-8-17/h1-15H. The molecule has 0 saturated heterocycles. The number of nitrogens with zero attached hydrogens (tertiary/aromatic N) is 4. The van der Waals surface area contributed by atoms with Crippen LogP contribution in [-0.4, -0.2) is 19.5 Å². The fraction of sp³-hybridized carbons (Fsp3) is 0. The SMILES string of the molecule is Clc1nc(-c2ccc3c4ccccc4n(-c4ccccc4)c3c2)nc2cccnc12. The normalized spacial score (nSPS) is 11.5. The van der Waals surface area contributed by atoms with Gasteiger partial charge in [0.05, 0.1) is 16.6 Å². The highest BCUT2D eigenvalue weighted by atomic mass is 35.5. The summed E-state index contributed by atoms with van der Waals surface area (Å²) in [5.74, 6) is 0.590. The van der Waals surface area contributed by atoms with Gasteiger partial charge in [0.15, 0.2) is 11.0 Å². The molecule has 6 aromatic rings. The highest BCUT2D eigenvalue weighted by Crippen LogP contribution is 2.34. The van der Waals surface area contributed by atoms with Crippen molar-refractivity contribution in [2.45, 2.75) is 0 Å². The van der Waals surface area contributed by atoms with Gasteiger partial charge in [-0.05, 0) is 36.4 Å². The van der Waals surface area contributed by atoms with Gasteiger partial charge in [0.1, 0.15) is 5.52 Å². The zero-order chi connectivity index (χ0) is 20.1. The van der Waals surface area contributed by atoms with Gasteiger partial charge >= 0.3 is 0 Å². The molecule has 0 unspecified atom stereocenters. The lowest BCUT2D eigenvalue weighted by Gasteiger charge is -2.09. The van der Waals surface area contributed by atoms with Crippen LogP contribution in [0.4, 0.5) is 0 Å². The number of aromatic nitrogens is 4. The van der Waals surface area contributed by atoms with Crippen LogP contribution in [0, 0.1) is 0 Å². The van der Waals surface area contributed by atoms with E-state index < -0.39 is 0 Å². The first kappa shape index (κ1) is 17.1. The van der Waals surface area contributed by atoms with Gasteiger partial charge in [-0.1, -0.05) is 60.1 Å². The molecular formula is C25H15ClN4. The summed E-state index contributed by atoms with van der Waals surface area (Å²) >= 11 is 6.40. The van der Waals surface area contributed by atoms with Crippen LogP contribution >= 0.6 is 11.6 Å². The van der Waals surface area contributed by atoms with E-state index in [1.54, 1.807) is 6.20 Å². The smallest absolute Gasteiger partial charge is 0.161 e. The molecule has 0 aliphatic carbocycles. The molecule has 3 aromatic carbocycles. The van der Waals surface area contributed by atoms with E-state index >= 15 is 0 Å². The summed E-state index contributed by atoms with van der Waals surface area (Å²) in [5.41, 5.74) is 5.64. The van der Waals surface area contributed by atoms with Crippen molar-refractivity contribution in [1.29, 1.82) is 0 Å². The Morgan fingerprint density at radius 2 is 1.50 bits per heavy atom. The third-order valence-corrected chi connectivity index (χ3v) is 5.62. The lowest BCUT2D eigenvalue weighted by molar-refractivity contribution is 1.17. The summed E-state index contributed by atoms with van der Waals surface area (Å²) in [4.78, 5) is 13.5. The van der Waals surface area contributed by atoms with Crippen molar-refractivity contribution >= 4 is 44.4 Å². The van der Waals surface area contributed by atoms with Crippen molar-refractivity contribution in [1.82, 2.24) is 19.5 Å². The van der Waals surface area contributed by atoms with Crippen molar-refractivity contribution in [3.63, 3.8) is 0 Å². The molecule has 0 fully saturated rings. The summed E-state index contributed by atoms with van der Waals surface area (Å²) in [6, 6.07) is 28.9. The molecule has 0 radical (unpaired) electrons. The number of hydrogen-bond acceptors (Lipinski definition) is 3. The maximum absolute atomic E-state index is 6.40. The molecule has 0 amide bonds. The minimum Gasteiger partial charge on any atom is -0.309 e. The van der Waals surface area contributed by atoms with Crippen molar-refractivity contribution in [3.05, 3.63) is 96.3 Å². The fourth-order valence-corrected chi connectivity index (χ4v) is 4.25. The van der Waals surface area contributed by atoms with Crippen LogP contribution in [0.15, 0.2) is 91.1 Å². The summed E-state index contributed by atoms with van der Waals surface area (Å²) in [7, 11) is 0. The maximum Gasteiger partial charge on any atom is 0.161 e. The molecule has 0 saturated carbocycles. The van der Waals surface area contributed by atoms with E-state index in [-0.39, 0.29) is 0 Å². The number of pyridine rings is 1. The molecule has 0 aliphatic rings. The topological polar surface area (TPSA) is 43.6 Å². The number of hydrogen-bond donors (Lipinski definition) is 0. The Bertz CT molecular complexity index is 1550. The van der Waals surface area contributed by atoms with Crippen LogP contribution in [0.1, 0.15) is 0 Å². The maximum atomic E-state index is 6.40. The number of fused-ring (bicyclic) bond motifs is 4. The van der Waals surface area contributed by atoms with Gasteiger partial charge in [-0.15, -0.1) is 0 Å². The Kier molecular flexibility index (Phi) is 3.79. The number of halogens is 1. The largest absolute Gasteiger partial charge is 0.309 e. The third kappa shape index (κ3) is 2.58. The quantitative estimate of drug-likeness (QED) is 0.311. The molecule has 6 rings (SSSR count). The van der Waals surface area contributed by atoms with E-state index in [4.69, 9.17) is 16.6 Å². The first-order valence-corrected chi connectivity index (χ1v) is 10.0. The van der Waals surface area contributed by atoms with Crippen LogP contribution in [0.25, 0.3) is 49.9 Å². The minimum atomic E-state index is 0.360. The van der Waals surface area contributed by atoms with E-state index in [0.29, 0.717) is 16.5 Å². The number of para-hydroxylation sites is 2. The fourth-order valence-electron chi connectivity index (χ4n) is 4.02. The molecule has 0 atom stereocenters. The van der Waals surface area contributed by atoms with Crippen LogP contribution in [-0.2, 0) is 0 Å². The van der Waals surface area contributed by atoms with E-state index in [2.05, 4.69) is 81.3 Å². The lowest BCUT2D eigenvalue weighted by atomic mass is 10.1. The Balaban J connectivity index is 1.66. The number of rotatable bonds is 2. The number of benzene rings is 3. The third-order valence-electron chi connectivity index (χ3n) is 5.36. The molecule has 30 heavy (non-hydrogen) atoms. The predicted molar refractivity (Wildman–Crippen MR) is 122 cm³/mol. The molecule has 0 aliphatic heterocycles. The van der Waals surface area contributed by atoms with E-state index in [1.807, 2.05) is 18.2 Å². The van der Waals surface area contributed by atoms with Crippen molar-refractivity contribution in [2.24, 2.45) is 0 Å². The molecule has 3 heterocycles. The average molecular weight is 407 g/mol. The van der Waals surface area contributed by atoms with E-state index in [0.717, 1.165) is 27.8 Å². The Hall–Kier alpha value is -3.76. The van der Waals surface area contributed by atoms with Crippen LogP contribution in [0.5, 0.6) is 0 Å². The van der Waals surface area contributed by atoms with Crippen LogP contribution in [0.3, 0.4) is 0 Å². The summed E-state index contributed by atoms with van der Waals surface area (Å²) < 4.78 is 2.28. The van der Waals surface area contributed by atoms with Gasteiger partial charge in [0.2, 0.25) is 0 Å². The zero-order valence-electron chi connectivity index (χ0n) is 15.8. The van der Waals surface area contributed by atoms with Gasteiger partial charge in [-0.3, -0.25) is 4.98 Å². The van der Waals surface area contributed by atoms with Gasteiger partial charge in [0.25, 0.3) is 0 Å². The van der Waals surface area contributed by atoms with Crippen molar-refractivity contribution < 1.29 is 0 Å². The first-order chi connectivity index (χ1) is 14.8. The molecule has 142 valence electrons. The minimum absolute atomic E-state index is 0.360. The Labute approximate surface area is 177 Å². The van der Waals surface area contributed by atoms with Crippen LogP contribution < -0.4 is 0 Å². The van der Waals surface area contributed by atoms with Crippen molar-refractivity contribution in [2.75, 3.05) is 0 Å². The highest BCUT2D eigenvalue weighted by Gasteiger charge is 2.15. The molecule has 5 heteroatoms.